The van der Waals surface area contributed by atoms with Crippen molar-refractivity contribution in [2.75, 3.05) is 6.61 Å². The summed E-state index contributed by atoms with van der Waals surface area (Å²) in [5.74, 6) is 1.40. The minimum absolute atomic E-state index is 0.181. The van der Waals surface area contributed by atoms with Crippen molar-refractivity contribution in [3.8, 4) is 11.5 Å². The Morgan fingerprint density at radius 1 is 1.10 bits per heavy atom. The number of nitrogens with zero attached hydrogens (tertiary/aromatic N) is 1. The first kappa shape index (κ1) is 14.3. The van der Waals surface area contributed by atoms with E-state index in [0.717, 1.165) is 11.4 Å². The third-order valence-electron chi connectivity index (χ3n) is 2.86. The van der Waals surface area contributed by atoms with Gasteiger partial charge < -0.3 is 15.2 Å². The van der Waals surface area contributed by atoms with E-state index in [-0.39, 0.29) is 12.1 Å². The zero-order valence-electron chi connectivity index (χ0n) is 11.8. The largest absolute Gasteiger partial charge is 0.490 e. The fourth-order valence-corrected chi connectivity index (χ4v) is 1.94. The van der Waals surface area contributed by atoms with Gasteiger partial charge in [-0.05, 0) is 38.1 Å². The molecule has 2 N–H and O–H groups in total. The van der Waals surface area contributed by atoms with Gasteiger partial charge in [0, 0.05) is 12.2 Å². The maximum atomic E-state index is 6.03. The van der Waals surface area contributed by atoms with Gasteiger partial charge in [0.05, 0.1) is 12.3 Å². The number of para-hydroxylation sites is 2. The molecule has 0 aliphatic rings. The van der Waals surface area contributed by atoms with Crippen molar-refractivity contribution >= 4 is 0 Å². The molecule has 4 heteroatoms. The first-order valence-corrected chi connectivity index (χ1v) is 6.77. The van der Waals surface area contributed by atoms with Crippen LogP contribution in [0.5, 0.6) is 11.5 Å². The van der Waals surface area contributed by atoms with E-state index < -0.39 is 0 Å². The number of benzene rings is 1. The van der Waals surface area contributed by atoms with E-state index in [9.17, 15) is 0 Å². The topological polar surface area (TPSA) is 57.4 Å². The Balaban J connectivity index is 2.25. The highest BCUT2D eigenvalue weighted by atomic mass is 16.5. The van der Waals surface area contributed by atoms with E-state index in [1.807, 2.05) is 56.3 Å². The molecule has 0 spiro atoms. The predicted octanol–water partition coefficient (Wildman–Crippen LogP) is 2.95. The van der Waals surface area contributed by atoms with Gasteiger partial charge in [0.1, 0.15) is 0 Å². The van der Waals surface area contributed by atoms with Gasteiger partial charge in [-0.15, -0.1) is 0 Å². The molecule has 1 aromatic carbocycles. The molecule has 0 aliphatic heterocycles. The minimum atomic E-state index is -0.308. The summed E-state index contributed by atoms with van der Waals surface area (Å²) in [6.07, 6.45) is 1.43. The number of nitrogens with two attached hydrogens (primary N) is 1. The van der Waals surface area contributed by atoms with Gasteiger partial charge in [0.2, 0.25) is 0 Å². The second-order valence-corrected chi connectivity index (χ2v) is 4.53. The standard InChI is InChI=1S/C16H20N2O2/c1-3-19-14-9-4-5-10-15(14)20-16(12(2)17)13-8-6-7-11-18-13/h4-12,16H,3,17H2,1-2H3. The monoisotopic (exact) mass is 272 g/mol. The number of rotatable bonds is 6. The normalized spacial score (nSPS) is 13.6. The molecule has 20 heavy (non-hydrogen) atoms. The molecule has 0 radical (unpaired) electrons. The number of hydrogen-bond donors (Lipinski definition) is 1. The summed E-state index contributed by atoms with van der Waals surface area (Å²) >= 11 is 0. The van der Waals surface area contributed by atoms with Crippen LogP contribution in [-0.2, 0) is 0 Å². The summed E-state index contributed by atoms with van der Waals surface area (Å²) in [6, 6.07) is 13.1. The van der Waals surface area contributed by atoms with Gasteiger partial charge >= 0.3 is 0 Å². The first-order valence-electron chi connectivity index (χ1n) is 6.77. The van der Waals surface area contributed by atoms with Gasteiger partial charge in [-0.1, -0.05) is 18.2 Å². The summed E-state index contributed by atoms with van der Waals surface area (Å²) in [7, 11) is 0. The van der Waals surface area contributed by atoms with Gasteiger partial charge in [-0.25, -0.2) is 0 Å². The number of pyridine rings is 1. The zero-order chi connectivity index (χ0) is 14.4. The predicted molar refractivity (Wildman–Crippen MR) is 78.9 cm³/mol. The molecule has 0 amide bonds. The third kappa shape index (κ3) is 3.48. The Labute approximate surface area is 119 Å². The molecule has 0 fully saturated rings. The summed E-state index contributed by atoms with van der Waals surface area (Å²) in [4.78, 5) is 4.33. The summed E-state index contributed by atoms with van der Waals surface area (Å²) < 4.78 is 11.6. The van der Waals surface area contributed by atoms with E-state index >= 15 is 0 Å². The van der Waals surface area contributed by atoms with E-state index in [1.165, 1.54) is 0 Å². The van der Waals surface area contributed by atoms with Gasteiger partial charge in [-0.3, -0.25) is 4.98 Å². The SMILES string of the molecule is CCOc1ccccc1OC(c1ccccn1)C(C)N. The highest BCUT2D eigenvalue weighted by molar-refractivity contribution is 5.40. The van der Waals surface area contributed by atoms with Crippen molar-refractivity contribution in [1.82, 2.24) is 4.98 Å². The van der Waals surface area contributed by atoms with Crippen molar-refractivity contribution in [1.29, 1.82) is 0 Å². The lowest BCUT2D eigenvalue weighted by molar-refractivity contribution is 0.166. The molecule has 1 heterocycles. The lowest BCUT2D eigenvalue weighted by atomic mass is 10.1. The molecular formula is C16H20N2O2. The highest BCUT2D eigenvalue weighted by Gasteiger charge is 2.20. The molecule has 2 atom stereocenters. The molecule has 106 valence electrons. The molecule has 0 saturated heterocycles. The molecule has 0 aliphatic carbocycles. The molecule has 0 bridgehead atoms. The van der Waals surface area contributed by atoms with Crippen molar-refractivity contribution in [2.45, 2.75) is 26.0 Å². The molecule has 2 rings (SSSR count). The minimum Gasteiger partial charge on any atom is -0.490 e. The summed E-state index contributed by atoms with van der Waals surface area (Å²) in [5.41, 5.74) is 6.85. The van der Waals surface area contributed by atoms with Gasteiger partial charge in [0.15, 0.2) is 17.6 Å². The second-order valence-electron chi connectivity index (χ2n) is 4.53. The van der Waals surface area contributed by atoms with Crippen LogP contribution >= 0.6 is 0 Å². The first-order chi connectivity index (χ1) is 9.72. The van der Waals surface area contributed by atoms with Crippen LogP contribution in [0.4, 0.5) is 0 Å². The van der Waals surface area contributed by atoms with Crippen molar-refractivity contribution < 1.29 is 9.47 Å². The Bertz CT molecular complexity index is 529. The van der Waals surface area contributed by atoms with Crippen LogP contribution < -0.4 is 15.2 Å². The molecule has 2 unspecified atom stereocenters. The van der Waals surface area contributed by atoms with Crippen LogP contribution in [-0.4, -0.2) is 17.6 Å². The van der Waals surface area contributed by atoms with Crippen LogP contribution in [0.3, 0.4) is 0 Å². The number of ether oxygens (including phenoxy) is 2. The average Bonchev–Trinajstić information content (AvgIpc) is 2.47. The van der Waals surface area contributed by atoms with Crippen LogP contribution in [0.2, 0.25) is 0 Å². The third-order valence-corrected chi connectivity index (χ3v) is 2.86. The lowest BCUT2D eigenvalue weighted by Gasteiger charge is -2.23. The number of hydrogen-bond acceptors (Lipinski definition) is 4. The zero-order valence-corrected chi connectivity index (χ0v) is 11.8. The quantitative estimate of drug-likeness (QED) is 0.878. The molecule has 1 aromatic heterocycles. The fourth-order valence-electron chi connectivity index (χ4n) is 1.94. The smallest absolute Gasteiger partial charge is 0.162 e. The number of aromatic nitrogens is 1. The van der Waals surface area contributed by atoms with Crippen molar-refractivity contribution in [3.63, 3.8) is 0 Å². The van der Waals surface area contributed by atoms with E-state index in [2.05, 4.69) is 4.98 Å². The Kier molecular flexibility index (Phi) is 4.96. The highest BCUT2D eigenvalue weighted by Crippen LogP contribution is 2.31. The summed E-state index contributed by atoms with van der Waals surface area (Å²) in [6.45, 7) is 4.44. The molecule has 4 nitrogen and oxygen atoms in total. The Morgan fingerprint density at radius 3 is 2.40 bits per heavy atom. The lowest BCUT2D eigenvalue weighted by Crippen LogP contribution is -2.29. The van der Waals surface area contributed by atoms with Gasteiger partial charge in [0.25, 0.3) is 0 Å². The van der Waals surface area contributed by atoms with Crippen LogP contribution in [0.1, 0.15) is 25.6 Å². The van der Waals surface area contributed by atoms with Crippen molar-refractivity contribution in [2.24, 2.45) is 5.73 Å². The van der Waals surface area contributed by atoms with Crippen LogP contribution in [0.15, 0.2) is 48.7 Å². The van der Waals surface area contributed by atoms with Gasteiger partial charge in [-0.2, -0.15) is 0 Å². The van der Waals surface area contributed by atoms with Crippen LogP contribution in [0.25, 0.3) is 0 Å². The Morgan fingerprint density at radius 2 is 1.80 bits per heavy atom. The van der Waals surface area contributed by atoms with Crippen molar-refractivity contribution in [3.05, 3.63) is 54.4 Å². The van der Waals surface area contributed by atoms with E-state index in [0.29, 0.717) is 12.4 Å². The maximum Gasteiger partial charge on any atom is 0.162 e. The summed E-state index contributed by atoms with van der Waals surface area (Å²) in [5, 5.41) is 0. The average molecular weight is 272 g/mol. The molecular weight excluding hydrogens is 252 g/mol. The fraction of sp³-hybridized carbons (Fsp3) is 0.312. The van der Waals surface area contributed by atoms with E-state index in [4.69, 9.17) is 15.2 Å². The molecule has 2 aromatic rings. The second kappa shape index (κ2) is 6.91. The maximum absolute atomic E-state index is 6.03. The van der Waals surface area contributed by atoms with E-state index in [1.54, 1.807) is 6.20 Å². The Hall–Kier alpha value is -2.07. The van der Waals surface area contributed by atoms with Crippen LogP contribution in [0, 0.1) is 0 Å². The molecule has 0 saturated carbocycles.